The summed E-state index contributed by atoms with van der Waals surface area (Å²) in [5, 5.41) is -0.0232. The number of thiophene rings is 1. The number of benzene rings is 1. The largest absolute Gasteiger partial charge is 0.143 e. The third-order valence-corrected chi connectivity index (χ3v) is 5.02. The molecule has 96 valence electrons. The molecule has 1 atom stereocenters. The van der Waals surface area contributed by atoms with Gasteiger partial charge in [0.1, 0.15) is 0 Å². The van der Waals surface area contributed by atoms with Crippen molar-refractivity contribution < 1.29 is 0 Å². The van der Waals surface area contributed by atoms with E-state index in [1.165, 1.54) is 26.4 Å². The fraction of sp³-hybridized carbons (Fsp3) is 0.375. The van der Waals surface area contributed by atoms with E-state index in [-0.39, 0.29) is 5.38 Å². The highest BCUT2D eigenvalue weighted by molar-refractivity contribution is 7.12. The highest BCUT2D eigenvalue weighted by atomic mass is 35.5. The molecule has 0 bridgehead atoms. The lowest BCUT2D eigenvalue weighted by Crippen LogP contribution is -1.94. The van der Waals surface area contributed by atoms with Crippen LogP contribution in [0.2, 0.25) is 0 Å². The van der Waals surface area contributed by atoms with Gasteiger partial charge in [0.2, 0.25) is 0 Å². The standard InChI is InChI=1S/C16H19ClS/c1-10(2)13-5-7-14(8-6-13)15(17)16-11(3)9-12(4)18-16/h5-10,15H,1-4H3. The Labute approximate surface area is 119 Å². The van der Waals surface area contributed by atoms with Crippen LogP contribution in [0.25, 0.3) is 0 Å². The molecule has 0 N–H and O–H groups in total. The topological polar surface area (TPSA) is 0 Å². The van der Waals surface area contributed by atoms with Crippen molar-refractivity contribution in [2.45, 2.75) is 39.0 Å². The highest BCUT2D eigenvalue weighted by Crippen LogP contribution is 2.36. The van der Waals surface area contributed by atoms with Crippen molar-refractivity contribution in [2.24, 2.45) is 0 Å². The van der Waals surface area contributed by atoms with Gasteiger partial charge in [-0.05, 0) is 42.5 Å². The SMILES string of the molecule is Cc1cc(C)c(C(Cl)c2ccc(C(C)C)cc2)s1. The van der Waals surface area contributed by atoms with Crippen LogP contribution in [-0.2, 0) is 0 Å². The molecule has 0 fully saturated rings. The number of hydrogen-bond acceptors (Lipinski definition) is 1. The Morgan fingerprint density at radius 1 is 1.00 bits per heavy atom. The molecule has 0 aliphatic heterocycles. The van der Waals surface area contributed by atoms with Crippen molar-refractivity contribution >= 4 is 22.9 Å². The maximum Gasteiger partial charge on any atom is 0.0930 e. The van der Waals surface area contributed by atoms with Crippen LogP contribution in [0.3, 0.4) is 0 Å². The average Bonchev–Trinajstić information content (AvgIpc) is 2.67. The van der Waals surface area contributed by atoms with Crippen LogP contribution in [-0.4, -0.2) is 0 Å². The lowest BCUT2D eigenvalue weighted by Gasteiger charge is -2.11. The Morgan fingerprint density at radius 3 is 2.00 bits per heavy atom. The van der Waals surface area contributed by atoms with Gasteiger partial charge in [0.15, 0.2) is 0 Å². The number of halogens is 1. The first kappa shape index (κ1) is 13.6. The van der Waals surface area contributed by atoms with Crippen LogP contribution in [0.1, 0.15) is 51.6 Å². The van der Waals surface area contributed by atoms with Crippen molar-refractivity contribution in [1.29, 1.82) is 0 Å². The summed E-state index contributed by atoms with van der Waals surface area (Å²) in [6.07, 6.45) is 0. The third kappa shape index (κ3) is 2.78. The lowest BCUT2D eigenvalue weighted by molar-refractivity contribution is 0.865. The van der Waals surface area contributed by atoms with Gasteiger partial charge in [-0.2, -0.15) is 0 Å². The quantitative estimate of drug-likeness (QED) is 0.621. The van der Waals surface area contributed by atoms with Crippen molar-refractivity contribution in [3.8, 4) is 0 Å². The van der Waals surface area contributed by atoms with Gasteiger partial charge in [-0.15, -0.1) is 22.9 Å². The van der Waals surface area contributed by atoms with E-state index in [0.29, 0.717) is 5.92 Å². The summed E-state index contributed by atoms with van der Waals surface area (Å²) in [5.41, 5.74) is 3.85. The second kappa shape index (κ2) is 5.46. The zero-order chi connectivity index (χ0) is 13.3. The van der Waals surface area contributed by atoms with Crippen LogP contribution in [0.15, 0.2) is 30.3 Å². The third-order valence-electron chi connectivity index (χ3n) is 3.21. The minimum atomic E-state index is -0.0232. The first-order valence-corrected chi connectivity index (χ1v) is 7.55. The second-order valence-corrected chi connectivity index (χ2v) is 6.81. The van der Waals surface area contributed by atoms with Crippen LogP contribution in [0, 0.1) is 13.8 Å². The van der Waals surface area contributed by atoms with Crippen molar-refractivity contribution in [1.82, 2.24) is 0 Å². The summed E-state index contributed by atoms with van der Waals surface area (Å²) >= 11 is 8.39. The highest BCUT2D eigenvalue weighted by Gasteiger charge is 2.15. The average molecular weight is 279 g/mol. The van der Waals surface area contributed by atoms with Crippen molar-refractivity contribution in [3.05, 3.63) is 56.8 Å². The molecule has 1 aromatic carbocycles. The van der Waals surface area contributed by atoms with E-state index >= 15 is 0 Å². The van der Waals surface area contributed by atoms with Crippen LogP contribution >= 0.6 is 22.9 Å². The minimum Gasteiger partial charge on any atom is -0.143 e. The number of hydrogen-bond donors (Lipinski definition) is 0. The summed E-state index contributed by atoms with van der Waals surface area (Å²) in [6.45, 7) is 8.68. The van der Waals surface area contributed by atoms with Gasteiger partial charge in [-0.25, -0.2) is 0 Å². The first-order chi connectivity index (χ1) is 8.49. The van der Waals surface area contributed by atoms with Crippen LogP contribution in [0.5, 0.6) is 0 Å². The molecular weight excluding hydrogens is 260 g/mol. The first-order valence-electron chi connectivity index (χ1n) is 6.30. The molecule has 0 saturated carbocycles. The Hall–Kier alpha value is -0.790. The van der Waals surface area contributed by atoms with Gasteiger partial charge < -0.3 is 0 Å². The molecular formula is C16H19ClS. The normalized spacial score (nSPS) is 13.0. The summed E-state index contributed by atoms with van der Waals surface area (Å²) in [7, 11) is 0. The molecule has 0 aliphatic rings. The van der Waals surface area contributed by atoms with Crippen molar-refractivity contribution in [2.75, 3.05) is 0 Å². The zero-order valence-electron chi connectivity index (χ0n) is 11.3. The van der Waals surface area contributed by atoms with E-state index < -0.39 is 0 Å². The summed E-state index contributed by atoms with van der Waals surface area (Å²) in [5.74, 6) is 0.568. The van der Waals surface area contributed by atoms with E-state index in [2.05, 4.69) is 58.0 Å². The maximum absolute atomic E-state index is 6.59. The Kier molecular flexibility index (Phi) is 4.14. The summed E-state index contributed by atoms with van der Waals surface area (Å²) in [4.78, 5) is 2.60. The van der Waals surface area contributed by atoms with Gasteiger partial charge in [0.05, 0.1) is 5.38 Å². The van der Waals surface area contributed by atoms with E-state index in [1.54, 1.807) is 11.3 Å². The van der Waals surface area contributed by atoms with Crippen LogP contribution in [0.4, 0.5) is 0 Å². The molecule has 2 rings (SSSR count). The molecule has 2 heteroatoms. The molecule has 2 aromatic rings. The molecule has 0 radical (unpaired) electrons. The second-order valence-electron chi connectivity index (χ2n) is 5.09. The van der Waals surface area contributed by atoms with Gasteiger partial charge in [-0.3, -0.25) is 0 Å². The lowest BCUT2D eigenvalue weighted by atomic mass is 10.00. The van der Waals surface area contributed by atoms with Gasteiger partial charge in [-0.1, -0.05) is 38.1 Å². The van der Waals surface area contributed by atoms with Crippen LogP contribution < -0.4 is 0 Å². The molecule has 1 heterocycles. The van der Waals surface area contributed by atoms with Gasteiger partial charge >= 0.3 is 0 Å². The van der Waals surface area contributed by atoms with E-state index in [0.717, 1.165) is 0 Å². The summed E-state index contributed by atoms with van der Waals surface area (Å²) in [6, 6.07) is 10.9. The molecule has 0 aliphatic carbocycles. The monoisotopic (exact) mass is 278 g/mol. The Balaban J connectivity index is 2.28. The van der Waals surface area contributed by atoms with E-state index in [4.69, 9.17) is 11.6 Å². The fourth-order valence-corrected chi connectivity index (χ4v) is 3.61. The molecule has 18 heavy (non-hydrogen) atoms. The predicted octanol–water partition coefficient (Wildman–Crippen LogP) is 5.82. The minimum absolute atomic E-state index is 0.0232. The van der Waals surface area contributed by atoms with Gasteiger partial charge in [0.25, 0.3) is 0 Å². The number of aryl methyl sites for hydroxylation is 2. The molecule has 0 spiro atoms. The zero-order valence-corrected chi connectivity index (χ0v) is 12.9. The Morgan fingerprint density at radius 2 is 1.56 bits per heavy atom. The number of alkyl halides is 1. The molecule has 1 unspecified atom stereocenters. The van der Waals surface area contributed by atoms with E-state index in [1.807, 2.05) is 0 Å². The molecule has 0 saturated heterocycles. The molecule has 0 amide bonds. The molecule has 1 aromatic heterocycles. The smallest absolute Gasteiger partial charge is 0.0930 e. The fourth-order valence-electron chi connectivity index (χ4n) is 2.11. The Bertz CT molecular complexity index is 523. The van der Waals surface area contributed by atoms with Gasteiger partial charge in [0, 0.05) is 9.75 Å². The van der Waals surface area contributed by atoms with E-state index in [9.17, 15) is 0 Å². The molecule has 0 nitrogen and oxygen atoms in total. The summed E-state index contributed by atoms with van der Waals surface area (Å²) < 4.78 is 0. The maximum atomic E-state index is 6.59. The predicted molar refractivity (Wildman–Crippen MR) is 82.0 cm³/mol. The number of rotatable bonds is 3. The van der Waals surface area contributed by atoms with Crippen molar-refractivity contribution in [3.63, 3.8) is 0 Å².